The third-order valence-corrected chi connectivity index (χ3v) is 4.84. The van der Waals surface area contributed by atoms with Gasteiger partial charge in [-0.3, -0.25) is 14.3 Å². The van der Waals surface area contributed by atoms with Crippen LogP contribution >= 0.6 is 11.3 Å². The highest BCUT2D eigenvalue weighted by atomic mass is 32.1. The summed E-state index contributed by atoms with van der Waals surface area (Å²) < 4.78 is 1.37. The van der Waals surface area contributed by atoms with E-state index >= 15 is 0 Å². The number of β-amino-alcohol motifs (C(OH)–C–C–N with tert-alkyl or cyclic N) is 1. The second-order valence-electron chi connectivity index (χ2n) is 6.29. The van der Waals surface area contributed by atoms with E-state index < -0.39 is 6.10 Å². The van der Waals surface area contributed by atoms with E-state index in [0.29, 0.717) is 18.9 Å². The van der Waals surface area contributed by atoms with E-state index in [2.05, 4.69) is 34.6 Å². The van der Waals surface area contributed by atoms with Gasteiger partial charge in [-0.2, -0.15) is 5.10 Å². The van der Waals surface area contributed by atoms with Crippen molar-refractivity contribution in [3.63, 3.8) is 0 Å². The molecule has 0 spiro atoms. The van der Waals surface area contributed by atoms with Crippen LogP contribution in [0.2, 0.25) is 0 Å². The van der Waals surface area contributed by atoms with Crippen molar-refractivity contribution in [3.05, 3.63) is 33.5 Å². The van der Waals surface area contributed by atoms with Gasteiger partial charge in [0.25, 0.3) is 11.8 Å². The highest BCUT2D eigenvalue weighted by Crippen LogP contribution is 2.17. The van der Waals surface area contributed by atoms with E-state index in [4.69, 9.17) is 0 Å². The molecule has 2 amide bonds. The Morgan fingerprint density at radius 2 is 2.36 bits per heavy atom. The standard InChI is InChI=1S/C16H21N5O3S/c1-9(2)12-8-25-14(19-12)3-4-17-15(23)11-5-13-16(24)18-6-10(22)7-21(13)20-11/h5,8-10,22H,3-4,6-7H2,1-2H3,(H,17,23)(H,18,24). The summed E-state index contributed by atoms with van der Waals surface area (Å²) >= 11 is 1.59. The van der Waals surface area contributed by atoms with Crippen molar-refractivity contribution in [3.8, 4) is 0 Å². The summed E-state index contributed by atoms with van der Waals surface area (Å²) in [4.78, 5) is 28.7. The minimum absolute atomic E-state index is 0.168. The molecular formula is C16H21N5O3S. The summed E-state index contributed by atoms with van der Waals surface area (Å²) in [6.45, 7) is 4.99. The zero-order valence-corrected chi connectivity index (χ0v) is 15.0. The predicted molar refractivity (Wildman–Crippen MR) is 92.8 cm³/mol. The van der Waals surface area contributed by atoms with Crippen molar-refractivity contribution in [1.82, 2.24) is 25.4 Å². The molecule has 0 saturated heterocycles. The number of aliphatic hydroxyl groups is 1. The quantitative estimate of drug-likeness (QED) is 0.718. The lowest BCUT2D eigenvalue weighted by Crippen LogP contribution is -2.30. The van der Waals surface area contributed by atoms with Gasteiger partial charge in [0.2, 0.25) is 0 Å². The van der Waals surface area contributed by atoms with Crippen LogP contribution in [0, 0.1) is 0 Å². The maximum absolute atomic E-state index is 12.2. The zero-order chi connectivity index (χ0) is 18.0. The van der Waals surface area contributed by atoms with E-state index in [1.807, 2.05) is 5.38 Å². The van der Waals surface area contributed by atoms with Crippen LogP contribution in [0.25, 0.3) is 0 Å². The molecule has 9 heteroatoms. The number of nitrogens with one attached hydrogen (secondary N) is 2. The molecule has 1 aliphatic rings. The van der Waals surface area contributed by atoms with Crippen molar-refractivity contribution in [2.45, 2.75) is 38.8 Å². The van der Waals surface area contributed by atoms with E-state index in [1.54, 1.807) is 11.3 Å². The van der Waals surface area contributed by atoms with Gasteiger partial charge in [0, 0.05) is 31.0 Å². The molecule has 1 unspecified atom stereocenters. The van der Waals surface area contributed by atoms with Gasteiger partial charge in [-0.1, -0.05) is 13.8 Å². The van der Waals surface area contributed by atoms with Crippen LogP contribution in [0.1, 0.15) is 51.4 Å². The molecule has 1 atom stereocenters. The number of thiazole rings is 1. The highest BCUT2D eigenvalue weighted by Gasteiger charge is 2.24. The molecule has 134 valence electrons. The molecule has 2 aromatic heterocycles. The van der Waals surface area contributed by atoms with Gasteiger partial charge in [-0.05, 0) is 5.92 Å². The molecular weight excluding hydrogens is 342 g/mol. The lowest BCUT2D eigenvalue weighted by Gasteiger charge is -2.06. The van der Waals surface area contributed by atoms with Gasteiger partial charge in [0.1, 0.15) is 5.69 Å². The molecule has 8 nitrogen and oxygen atoms in total. The normalized spacial score (nSPS) is 17.1. The smallest absolute Gasteiger partial charge is 0.271 e. The first kappa shape index (κ1) is 17.6. The average molecular weight is 363 g/mol. The molecule has 0 fully saturated rings. The van der Waals surface area contributed by atoms with E-state index in [9.17, 15) is 14.7 Å². The van der Waals surface area contributed by atoms with Crippen LogP contribution in [0.3, 0.4) is 0 Å². The first-order valence-electron chi connectivity index (χ1n) is 8.20. The molecule has 0 bridgehead atoms. The number of carbonyl (C=O) groups is 2. The Hall–Kier alpha value is -2.26. The molecule has 3 rings (SSSR count). The van der Waals surface area contributed by atoms with Crippen LogP contribution in [-0.4, -0.2) is 50.9 Å². The van der Waals surface area contributed by atoms with Gasteiger partial charge < -0.3 is 15.7 Å². The number of rotatable bonds is 5. The van der Waals surface area contributed by atoms with Crippen LogP contribution in [0.5, 0.6) is 0 Å². The van der Waals surface area contributed by atoms with Crippen LogP contribution in [-0.2, 0) is 13.0 Å². The largest absolute Gasteiger partial charge is 0.389 e. The first-order chi connectivity index (χ1) is 11.9. The SMILES string of the molecule is CC(C)c1csc(CCNC(=O)c2cc3n(n2)CC(O)CNC3=O)n1. The summed E-state index contributed by atoms with van der Waals surface area (Å²) in [5.41, 5.74) is 1.51. The number of hydrogen-bond donors (Lipinski definition) is 3. The number of aromatic nitrogens is 3. The number of fused-ring (bicyclic) bond motifs is 1. The monoisotopic (exact) mass is 363 g/mol. The Bertz CT molecular complexity index is 783. The van der Waals surface area contributed by atoms with Crippen LogP contribution in [0.4, 0.5) is 0 Å². The van der Waals surface area contributed by atoms with Crippen molar-refractivity contribution in [2.75, 3.05) is 13.1 Å². The molecule has 1 aliphatic heterocycles. The molecule has 0 radical (unpaired) electrons. The summed E-state index contributed by atoms with van der Waals surface area (Å²) in [6, 6.07) is 1.45. The topological polar surface area (TPSA) is 109 Å². The second kappa shape index (κ2) is 7.32. The summed E-state index contributed by atoms with van der Waals surface area (Å²) in [5, 5.41) is 22.3. The Balaban J connectivity index is 1.59. The Morgan fingerprint density at radius 1 is 1.56 bits per heavy atom. The number of aliphatic hydroxyl groups excluding tert-OH is 1. The van der Waals surface area contributed by atoms with Gasteiger partial charge >= 0.3 is 0 Å². The molecule has 3 heterocycles. The predicted octanol–water partition coefficient (Wildman–Crippen LogP) is 0.540. The van der Waals surface area contributed by atoms with Gasteiger partial charge in [-0.25, -0.2) is 4.98 Å². The molecule has 0 aliphatic carbocycles. The fourth-order valence-corrected chi connectivity index (χ4v) is 3.45. The van der Waals surface area contributed by atoms with Crippen LogP contribution in [0.15, 0.2) is 11.4 Å². The molecule has 0 aromatic carbocycles. The third kappa shape index (κ3) is 4.05. The molecule has 2 aromatic rings. The third-order valence-electron chi connectivity index (χ3n) is 3.91. The summed E-state index contributed by atoms with van der Waals surface area (Å²) in [6.07, 6.45) is -0.0725. The van der Waals surface area contributed by atoms with E-state index in [0.717, 1.165) is 10.7 Å². The number of amides is 2. The Kier molecular flexibility index (Phi) is 5.14. The lowest BCUT2D eigenvalue weighted by atomic mass is 10.2. The van der Waals surface area contributed by atoms with E-state index in [1.165, 1.54) is 10.7 Å². The zero-order valence-electron chi connectivity index (χ0n) is 14.2. The minimum Gasteiger partial charge on any atom is -0.389 e. The summed E-state index contributed by atoms with van der Waals surface area (Å²) in [7, 11) is 0. The molecule has 0 saturated carbocycles. The highest BCUT2D eigenvalue weighted by molar-refractivity contribution is 7.09. The second-order valence-corrected chi connectivity index (χ2v) is 7.23. The van der Waals surface area contributed by atoms with Crippen molar-refractivity contribution in [1.29, 1.82) is 0 Å². The average Bonchev–Trinajstić information content (AvgIpc) is 3.17. The van der Waals surface area contributed by atoms with Crippen molar-refractivity contribution in [2.24, 2.45) is 0 Å². The van der Waals surface area contributed by atoms with Gasteiger partial charge in [0.15, 0.2) is 5.69 Å². The molecule has 3 N–H and O–H groups in total. The summed E-state index contributed by atoms with van der Waals surface area (Å²) in [5.74, 6) is -0.294. The van der Waals surface area contributed by atoms with Crippen molar-refractivity contribution < 1.29 is 14.7 Å². The van der Waals surface area contributed by atoms with Crippen molar-refractivity contribution >= 4 is 23.2 Å². The lowest BCUT2D eigenvalue weighted by molar-refractivity contribution is 0.0931. The minimum atomic E-state index is -0.721. The Morgan fingerprint density at radius 3 is 3.08 bits per heavy atom. The van der Waals surface area contributed by atoms with Gasteiger partial charge in [0.05, 0.1) is 23.4 Å². The number of carbonyl (C=O) groups excluding carboxylic acids is 2. The van der Waals surface area contributed by atoms with Crippen LogP contribution < -0.4 is 10.6 Å². The maximum atomic E-state index is 12.2. The fraction of sp³-hybridized carbons (Fsp3) is 0.500. The van der Waals surface area contributed by atoms with Gasteiger partial charge in [-0.15, -0.1) is 11.3 Å². The number of hydrogen-bond acceptors (Lipinski definition) is 6. The first-order valence-corrected chi connectivity index (χ1v) is 9.08. The Labute approximate surface area is 149 Å². The maximum Gasteiger partial charge on any atom is 0.271 e. The van der Waals surface area contributed by atoms with E-state index in [-0.39, 0.29) is 36.3 Å². The molecule has 25 heavy (non-hydrogen) atoms. The fourth-order valence-electron chi connectivity index (χ4n) is 2.49. The number of nitrogens with zero attached hydrogens (tertiary/aromatic N) is 3.